The Kier molecular flexibility index (Phi) is 4.59. The van der Waals surface area contributed by atoms with E-state index < -0.39 is 22.6 Å². The van der Waals surface area contributed by atoms with Crippen LogP contribution in [0, 0.1) is 10.1 Å². The molecule has 0 unspecified atom stereocenters. The first-order valence-corrected chi connectivity index (χ1v) is 7.21. The number of esters is 1. The van der Waals surface area contributed by atoms with Crippen molar-refractivity contribution in [3.63, 3.8) is 0 Å². The smallest absolute Gasteiger partial charge is 0.419 e. The monoisotopic (exact) mass is 334 g/mol. The summed E-state index contributed by atoms with van der Waals surface area (Å²) in [6.07, 6.45) is 0.709. The summed E-state index contributed by atoms with van der Waals surface area (Å²) in [5.41, 5.74) is 0.0486. The van der Waals surface area contributed by atoms with Gasteiger partial charge in [-0.1, -0.05) is 0 Å². The highest BCUT2D eigenvalue weighted by Crippen LogP contribution is 2.27. The van der Waals surface area contributed by atoms with Crippen LogP contribution in [0.15, 0.2) is 24.4 Å². The molecule has 2 aromatic rings. The molecule has 128 valence electrons. The van der Waals surface area contributed by atoms with Crippen molar-refractivity contribution in [2.24, 2.45) is 0 Å². The van der Waals surface area contributed by atoms with Gasteiger partial charge < -0.3 is 9.47 Å². The van der Waals surface area contributed by atoms with Gasteiger partial charge in [0.25, 0.3) is 5.69 Å². The Morgan fingerprint density at radius 3 is 2.50 bits per heavy atom. The Balaban J connectivity index is 2.58. The van der Waals surface area contributed by atoms with E-state index >= 15 is 0 Å². The van der Waals surface area contributed by atoms with Crippen LogP contribution in [-0.2, 0) is 20.7 Å². The maximum Gasteiger partial charge on any atom is 0.419 e. The Morgan fingerprint density at radius 1 is 1.29 bits per heavy atom. The molecular formula is C16H18N2O6. The minimum Gasteiger partial charge on any atom is -0.469 e. The van der Waals surface area contributed by atoms with E-state index in [2.05, 4.69) is 4.74 Å². The van der Waals surface area contributed by atoms with E-state index in [-0.39, 0.29) is 12.1 Å². The van der Waals surface area contributed by atoms with E-state index in [0.29, 0.717) is 16.5 Å². The molecule has 8 nitrogen and oxygen atoms in total. The molecule has 24 heavy (non-hydrogen) atoms. The Hall–Kier alpha value is -2.90. The molecular weight excluding hydrogens is 316 g/mol. The highest BCUT2D eigenvalue weighted by Gasteiger charge is 2.22. The fraction of sp³-hybridized carbons (Fsp3) is 0.375. The summed E-state index contributed by atoms with van der Waals surface area (Å²) in [4.78, 5) is 34.4. The number of hydrogen-bond donors (Lipinski definition) is 0. The number of carbonyl (C=O) groups excluding carboxylic acids is 2. The number of ether oxygens (including phenoxy) is 2. The zero-order valence-corrected chi connectivity index (χ0v) is 13.9. The highest BCUT2D eigenvalue weighted by atomic mass is 16.6. The summed E-state index contributed by atoms with van der Waals surface area (Å²) in [6, 6.07) is 4.08. The first kappa shape index (κ1) is 17.5. The van der Waals surface area contributed by atoms with Crippen LogP contribution < -0.4 is 0 Å². The number of nitro benzene ring substituents is 1. The van der Waals surface area contributed by atoms with E-state index in [1.807, 2.05) is 0 Å². The average Bonchev–Trinajstić information content (AvgIpc) is 2.83. The molecule has 0 aliphatic heterocycles. The lowest BCUT2D eigenvalue weighted by atomic mass is 10.1. The van der Waals surface area contributed by atoms with Gasteiger partial charge in [-0.25, -0.2) is 4.79 Å². The average molecular weight is 334 g/mol. The van der Waals surface area contributed by atoms with Crippen molar-refractivity contribution in [3.8, 4) is 0 Å². The second-order valence-electron chi connectivity index (χ2n) is 6.22. The molecule has 1 aromatic heterocycles. The Morgan fingerprint density at radius 2 is 1.96 bits per heavy atom. The minimum atomic E-state index is -0.697. The SMILES string of the molecule is COC(=O)Cc1cn(C(=O)OC(C)(C)C)c2ccc([N+](=O)[O-])cc12. The van der Waals surface area contributed by atoms with Crippen LogP contribution in [0.5, 0.6) is 0 Å². The fourth-order valence-corrected chi connectivity index (χ4v) is 2.23. The number of rotatable bonds is 3. The number of non-ortho nitro benzene ring substituents is 1. The van der Waals surface area contributed by atoms with Gasteiger partial charge >= 0.3 is 12.1 Å². The molecule has 0 bridgehead atoms. The summed E-state index contributed by atoms with van der Waals surface area (Å²) in [7, 11) is 1.25. The molecule has 0 fully saturated rings. The number of methoxy groups -OCH3 is 1. The molecule has 0 spiro atoms. The normalized spacial score (nSPS) is 11.3. The largest absolute Gasteiger partial charge is 0.469 e. The van der Waals surface area contributed by atoms with E-state index in [0.717, 1.165) is 0 Å². The predicted octanol–water partition coefficient (Wildman–Crippen LogP) is 3.05. The van der Waals surface area contributed by atoms with Crippen molar-refractivity contribution in [2.45, 2.75) is 32.8 Å². The molecule has 0 amide bonds. The molecule has 0 atom stereocenters. The van der Waals surface area contributed by atoms with Crippen molar-refractivity contribution in [2.75, 3.05) is 7.11 Å². The van der Waals surface area contributed by atoms with Crippen molar-refractivity contribution in [1.82, 2.24) is 4.57 Å². The summed E-state index contributed by atoms with van der Waals surface area (Å²) in [6.45, 7) is 5.20. The van der Waals surface area contributed by atoms with Gasteiger partial charge in [0, 0.05) is 23.7 Å². The van der Waals surface area contributed by atoms with Crippen molar-refractivity contribution >= 4 is 28.7 Å². The maximum absolute atomic E-state index is 12.4. The van der Waals surface area contributed by atoms with Gasteiger partial charge in [-0.05, 0) is 32.4 Å². The number of carbonyl (C=O) groups is 2. The van der Waals surface area contributed by atoms with Crippen LogP contribution in [0.2, 0.25) is 0 Å². The maximum atomic E-state index is 12.4. The number of nitrogens with zero attached hydrogens (tertiary/aromatic N) is 2. The van der Waals surface area contributed by atoms with Gasteiger partial charge in [-0.3, -0.25) is 19.5 Å². The van der Waals surface area contributed by atoms with E-state index in [1.165, 1.54) is 36.1 Å². The fourth-order valence-electron chi connectivity index (χ4n) is 2.23. The molecule has 8 heteroatoms. The van der Waals surface area contributed by atoms with Crippen LogP contribution >= 0.6 is 0 Å². The number of benzene rings is 1. The van der Waals surface area contributed by atoms with Crippen LogP contribution in [0.4, 0.5) is 10.5 Å². The van der Waals surface area contributed by atoms with Gasteiger partial charge in [-0.2, -0.15) is 0 Å². The quantitative estimate of drug-likeness (QED) is 0.486. The Bertz CT molecular complexity index is 816. The molecule has 1 heterocycles. The molecule has 0 aliphatic carbocycles. The molecule has 0 aliphatic rings. The highest BCUT2D eigenvalue weighted by molar-refractivity contribution is 5.95. The van der Waals surface area contributed by atoms with Gasteiger partial charge in [-0.15, -0.1) is 0 Å². The van der Waals surface area contributed by atoms with Crippen LogP contribution in [0.3, 0.4) is 0 Å². The lowest BCUT2D eigenvalue weighted by Gasteiger charge is -2.19. The van der Waals surface area contributed by atoms with Gasteiger partial charge in [0.2, 0.25) is 0 Å². The second-order valence-corrected chi connectivity index (χ2v) is 6.22. The summed E-state index contributed by atoms with van der Waals surface area (Å²) in [5, 5.41) is 11.4. The first-order chi connectivity index (χ1) is 11.1. The molecule has 2 rings (SSSR count). The molecule has 0 saturated carbocycles. The third-order valence-electron chi connectivity index (χ3n) is 3.23. The number of aromatic nitrogens is 1. The van der Waals surface area contributed by atoms with Crippen molar-refractivity contribution in [1.29, 1.82) is 0 Å². The van der Waals surface area contributed by atoms with Crippen LogP contribution in [0.25, 0.3) is 10.9 Å². The molecule has 1 aromatic carbocycles. The summed E-state index contributed by atoms with van der Waals surface area (Å²) in [5.74, 6) is -0.509. The predicted molar refractivity (Wildman–Crippen MR) is 85.9 cm³/mol. The standard InChI is InChI=1S/C16H18N2O6/c1-16(2,3)24-15(20)17-9-10(7-14(19)23-4)12-8-11(18(21)22)5-6-13(12)17/h5-6,8-9H,7H2,1-4H3. The molecule has 0 saturated heterocycles. The number of hydrogen-bond acceptors (Lipinski definition) is 6. The molecule has 0 N–H and O–H groups in total. The zero-order chi connectivity index (χ0) is 18.1. The van der Waals surface area contributed by atoms with Gasteiger partial charge in [0.1, 0.15) is 5.60 Å². The third-order valence-corrected chi connectivity index (χ3v) is 3.23. The summed E-state index contributed by atoms with van der Waals surface area (Å²) < 4.78 is 11.2. The lowest BCUT2D eigenvalue weighted by molar-refractivity contribution is -0.384. The van der Waals surface area contributed by atoms with Crippen molar-refractivity contribution < 1.29 is 24.0 Å². The van der Waals surface area contributed by atoms with Crippen molar-refractivity contribution in [3.05, 3.63) is 40.1 Å². The lowest BCUT2D eigenvalue weighted by Crippen LogP contribution is -2.26. The first-order valence-electron chi connectivity index (χ1n) is 7.21. The minimum absolute atomic E-state index is 0.107. The molecule has 0 radical (unpaired) electrons. The third kappa shape index (κ3) is 3.70. The van der Waals surface area contributed by atoms with Crippen LogP contribution in [0.1, 0.15) is 26.3 Å². The van der Waals surface area contributed by atoms with E-state index in [1.54, 1.807) is 20.8 Å². The Labute approximate surface area is 138 Å². The van der Waals surface area contributed by atoms with E-state index in [4.69, 9.17) is 4.74 Å². The summed E-state index contributed by atoms with van der Waals surface area (Å²) >= 11 is 0. The van der Waals surface area contributed by atoms with Gasteiger partial charge in [0.05, 0.1) is 24.0 Å². The van der Waals surface area contributed by atoms with Gasteiger partial charge in [0.15, 0.2) is 0 Å². The second kappa shape index (κ2) is 6.31. The van der Waals surface area contributed by atoms with E-state index in [9.17, 15) is 19.7 Å². The van der Waals surface area contributed by atoms with Crippen LogP contribution in [-0.4, -0.2) is 34.3 Å². The zero-order valence-electron chi connectivity index (χ0n) is 13.9. The topological polar surface area (TPSA) is 101 Å². The number of fused-ring (bicyclic) bond motifs is 1. The number of nitro groups is 1.